The summed E-state index contributed by atoms with van der Waals surface area (Å²) < 4.78 is 11.3. The molecule has 0 rings (SSSR count). The van der Waals surface area contributed by atoms with Crippen LogP contribution in [0.5, 0.6) is 0 Å². The van der Waals surface area contributed by atoms with E-state index in [2.05, 4.69) is 23.5 Å². The van der Waals surface area contributed by atoms with Gasteiger partial charge in [0, 0.05) is 0 Å². The molecule has 0 spiro atoms. The first-order valence-electron chi connectivity index (χ1n) is 2.25. The van der Waals surface area contributed by atoms with Crippen LogP contribution in [-0.2, 0) is 4.74 Å². The van der Waals surface area contributed by atoms with E-state index in [1.807, 2.05) is 0 Å². The Morgan fingerprint density at radius 3 is 3.00 bits per heavy atom. The third-order valence-corrected chi connectivity index (χ3v) is 0.377. The summed E-state index contributed by atoms with van der Waals surface area (Å²) in [4.78, 5) is 0. The van der Waals surface area contributed by atoms with Gasteiger partial charge in [-0.15, -0.1) is 0 Å². The fourth-order valence-electron chi connectivity index (χ4n) is 0.115. The molecule has 0 saturated carbocycles. The summed E-state index contributed by atoms with van der Waals surface area (Å²) in [5, 5.41) is -0.120. The maximum absolute atomic E-state index is 6.84. The zero-order valence-corrected chi connectivity index (χ0v) is 4.57. The predicted molar refractivity (Wildman–Crippen MR) is 32.9 cm³/mol. The first-order chi connectivity index (χ1) is 3.66. The molecule has 0 aliphatic heterocycles. The molecule has 0 heterocycles. The van der Waals surface area contributed by atoms with Gasteiger partial charge in [0.1, 0.15) is 6.58 Å². The maximum atomic E-state index is 6.84. The van der Waals surface area contributed by atoms with Crippen molar-refractivity contribution < 1.29 is 6.11 Å². The lowest BCUT2D eigenvalue weighted by Gasteiger charge is -1.94. The van der Waals surface area contributed by atoms with Crippen molar-refractivity contribution in [3.8, 4) is 0 Å². The van der Waals surface area contributed by atoms with Crippen LogP contribution in [0, 0.1) is 0 Å². The molecule has 3 heteroatoms. The highest BCUT2D eigenvalue weighted by Crippen LogP contribution is 1.71. The molecule has 0 fully saturated rings. The van der Waals surface area contributed by atoms with Gasteiger partial charge in [0.2, 0.25) is 0 Å². The van der Waals surface area contributed by atoms with Crippen LogP contribution in [-0.4, -0.2) is 11.8 Å². The molecule has 40 valence electrons. The van der Waals surface area contributed by atoms with E-state index in [0.29, 0.717) is 0 Å². The first-order valence-corrected chi connectivity index (χ1v) is 2.08. The number of ether oxygens (including phenoxy) is 1. The molecular weight excluding hydrogens is 110 g/mol. The van der Waals surface area contributed by atoms with Crippen LogP contribution in [0.4, 0.5) is 0 Å². The molecule has 2 N–H and O–H groups in total. The quantitative estimate of drug-likeness (QED) is 0.422. The zero-order valence-electron chi connectivity index (χ0n) is 4.76. The number of nitrogens with two attached hydrogens (primary N) is 1. The third kappa shape index (κ3) is 5.43. The average Bonchev–Trinajstić information content (AvgIpc) is 1.65. The Morgan fingerprint density at radius 2 is 2.86 bits per heavy atom. The SMILES string of the molecule is [2H]C(C=C)OC(N)=S. The summed E-state index contributed by atoms with van der Waals surface area (Å²) in [6.45, 7) is 2.46. The Balaban J connectivity index is 3.38. The molecular formula is C4H7NOS. The topological polar surface area (TPSA) is 35.2 Å². The van der Waals surface area contributed by atoms with E-state index in [1.54, 1.807) is 0 Å². The second-order valence-electron chi connectivity index (χ2n) is 0.809. The summed E-state index contributed by atoms with van der Waals surface area (Å²) in [7, 11) is 0. The summed E-state index contributed by atoms with van der Waals surface area (Å²) in [5.41, 5.74) is 4.91. The number of rotatable bonds is 2. The minimum atomic E-state index is -0.826. The fraction of sp³-hybridized carbons (Fsp3) is 0.250. The molecule has 0 bridgehead atoms. The zero-order chi connectivity index (χ0) is 6.57. The normalized spacial score (nSPS) is 14.0. The van der Waals surface area contributed by atoms with Crippen molar-refractivity contribution in [3.63, 3.8) is 0 Å². The van der Waals surface area contributed by atoms with Gasteiger partial charge in [0.05, 0.1) is 1.37 Å². The molecule has 2 nitrogen and oxygen atoms in total. The summed E-state index contributed by atoms with van der Waals surface area (Å²) in [5.74, 6) is 0. The van der Waals surface area contributed by atoms with E-state index < -0.39 is 6.58 Å². The minimum absolute atomic E-state index is 0.120. The smallest absolute Gasteiger partial charge is 0.254 e. The summed E-state index contributed by atoms with van der Waals surface area (Å²) in [6, 6.07) is 0. The highest BCUT2D eigenvalue weighted by Gasteiger charge is 1.78. The highest BCUT2D eigenvalue weighted by atomic mass is 32.1. The Labute approximate surface area is 49.4 Å². The van der Waals surface area contributed by atoms with Gasteiger partial charge >= 0.3 is 0 Å². The molecule has 0 aromatic carbocycles. The molecule has 0 aromatic rings. The molecule has 0 aliphatic carbocycles. The van der Waals surface area contributed by atoms with Gasteiger partial charge in [-0.2, -0.15) is 0 Å². The van der Waals surface area contributed by atoms with Crippen LogP contribution in [0.3, 0.4) is 0 Å². The van der Waals surface area contributed by atoms with E-state index in [4.69, 9.17) is 7.10 Å². The molecule has 0 aliphatic rings. The third-order valence-electron chi connectivity index (χ3n) is 0.280. The van der Waals surface area contributed by atoms with E-state index in [0.717, 1.165) is 0 Å². The Hall–Kier alpha value is -0.570. The van der Waals surface area contributed by atoms with Crippen LogP contribution < -0.4 is 5.73 Å². The maximum Gasteiger partial charge on any atom is 0.254 e. The Kier molecular flexibility index (Phi) is 2.37. The van der Waals surface area contributed by atoms with E-state index >= 15 is 0 Å². The van der Waals surface area contributed by atoms with Crippen LogP contribution >= 0.6 is 12.2 Å². The Morgan fingerprint density at radius 1 is 2.29 bits per heavy atom. The van der Waals surface area contributed by atoms with Crippen molar-refractivity contribution in [1.82, 2.24) is 0 Å². The second-order valence-corrected chi connectivity index (χ2v) is 1.21. The lowest BCUT2D eigenvalue weighted by atomic mass is 10.7. The van der Waals surface area contributed by atoms with Crippen LogP contribution in [0.25, 0.3) is 0 Å². The fourth-order valence-corrected chi connectivity index (χ4v) is 0.171. The van der Waals surface area contributed by atoms with Crippen molar-refractivity contribution in [2.24, 2.45) is 5.73 Å². The molecule has 0 radical (unpaired) electrons. The summed E-state index contributed by atoms with van der Waals surface area (Å²) >= 11 is 4.33. The van der Waals surface area contributed by atoms with Crippen LogP contribution in [0.2, 0.25) is 0 Å². The molecule has 0 amide bonds. The number of hydrogen-bond acceptors (Lipinski definition) is 2. The first kappa shape index (κ1) is 4.59. The minimum Gasteiger partial charge on any atom is -0.467 e. The van der Waals surface area contributed by atoms with Gasteiger partial charge in [0.25, 0.3) is 5.17 Å². The molecule has 7 heavy (non-hydrogen) atoms. The van der Waals surface area contributed by atoms with E-state index in [1.165, 1.54) is 6.08 Å². The van der Waals surface area contributed by atoms with Gasteiger partial charge in [0.15, 0.2) is 0 Å². The van der Waals surface area contributed by atoms with Gasteiger partial charge in [-0.1, -0.05) is 12.7 Å². The molecule has 0 saturated heterocycles. The van der Waals surface area contributed by atoms with Crippen molar-refractivity contribution in [2.75, 3.05) is 6.58 Å². The predicted octanol–water partition coefficient (Wildman–Crippen LogP) is 0.433. The van der Waals surface area contributed by atoms with Gasteiger partial charge in [-0.3, -0.25) is 0 Å². The highest BCUT2D eigenvalue weighted by molar-refractivity contribution is 7.80. The molecule has 1 unspecified atom stereocenters. The van der Waals surface area contributed by atoms with Crippen molar-refractivity contribution in [3.05, 3.63) is 12.7 Å². The van der Waals surface area contributed by atoms with Crippen LogP contribution in [0.1, 0.15) is 1.37 Å². The lowest BCUT2D eigenvalue weighted by molar-refractivity contribution is 0.355. The van der Waals surface area contributed by atoms with Crippen LogP contribution in [0.15, 0.2) is 12.7 Å². The molecule has 1 atom stereocenters. The van der Waals surface area contributed by atoms with Crippen molar-refractivity contribution in [2.45, 2.75) is 0 Å². The average molecular weight is 118 g/mol. The van der Waals surface area contributed by atoms with Gasteiger partial charge in [-0.05, 0) is 12.2 Å². The van der Waals surface area contributed by atoms with Crippen molar-refractivity contribution in [1.29, 1.82) is 0 Å². The van der Waals surface area contributed by atoms with Gasteiger partial charge in [-0.25, -0.2) is 0 Å². The monoisotopic (exact) mass is 118 g/mol. The van der Waals surface area contributed by atoms with E-state index in [9.17, 15) is 0 Å². The second kappa shape index (κ2) is 3.61. The molecule has 0 aromatic heterocycles. The number of hydrogen-bond donors (Lipinski definition) is 1. The number of thiocarbonyl (C=S) groups is 1. The summed E-state index contributed by atoms with van der Waals surface area (Å²) in [6.07, 6.45) is 1.29. The Bertz CT molecular complexity index is 106. The largest absolute Gasteiger partial charge is 0.467 e. The standard InChI is InChI=1S/C4H7NOS/c1-2-3-6-4(5)7/h2H,1,3H2,(H2,5,7)/i3D. The van der Waals surface area contributed by atoms with E-state index in [-0.39, 0.29) is 5.17 Å². The van der Waals surface area contributed by atoms with Crippen molar-refractivity contribution >= 4 is 17.4 Å². The lowest BCUT2D eigenvalue weighted by Crippen LogP contribution is -2.11. The van der Waals surface area contributed by atoms with Gasteiger partial charge < -0.3 is 10.5 Å².